The highest BCUT2D eigenvalue weighted by atomic mass is 16.4. The van der Waals surface area contributed by atoms with Crippen molar-refractivity contribution in [3.05, 3.63) is 0 Å². The molecule has 0 radical (unpaired) electrons. The number of hydrogen-bond acceptors (Lipinski definition) is 2. The maximum absolute atomic E-state index is 9.57. The van der Waals surface area contributed by atoms with Crippen LogP contribution in [0.1, 0.15) is 80.1 Å². The van der Waals surface area contributed by atoms with Crippen LogP contribution < -0.4 is 0 Å². The average molecular weight is 241 g/mol. The fourth-order valence-electron chi connectivity index (χ4n) is 3.28. The molecule has 0 unspecified atom stereocenters. The van der Waals surface area contributed by atoms with E-state index in [1.54, 1.807) is 0 Å². The lowest BCUT2D eigenvalue weighted by molar-refractivity contribution is 0.243. The Balaban J connectivity index is 5.59. The Labute approximate surface area is 107 Å². The lowest BCUT2D eigenvalue weighted by Gasteiger charge is -2.42. The molecule has 0 atom stereocenters. The average Bonchev–Trinajstić information content (AvgIpc) is 2.40. The van der Waals surface area contributed by atoms with Gasteiger partial charge in [-0.25, -0.2) is 0 Å². The third-order valence-corrected chi connectivity index (χ3v) is 5.17. The summed E-state index contributed by atoms with van der Waals surface area (Å²) in [5, 5.41) is 13.3. The van der Waals surface area contributed by atoms with Crippen molar-refractivity contribution in [2.24, 2.45) is 16.0 Å². The van der Waals surface area contributed by atoms with E-state index >= 15 is 0 Å². The zero-order chi connectivity index (χ0) is 13.5. The van der Waals surface area contributed by atoms with Gasteiger partial charge < -0.3 is 5.21 Å². The zero-order valence-corrected chi connectivity index (χ0v) is 12.6. The molecule has 0 bridgehead atoms. The maximum Gasteiger partial charge on any atom is 0.0693 e. The topological polar surface area (TPSA) is 32.6 Å². The number of oxime groups is 1. The minimum atomic E-state index is 0.0801. The summed E-state index contributed by atoms with van der Waals surface area (Å²) in [6.07, 6.45) is 6.34. The first-order chi connectivity index (χ1) is 8.06. The van der Waals surface area contributed by atoms with Crippen molar-refractivity contribution in [2.45, 2.75) is 80.1 Å². The molecule has 0 saturated carbocycles. The lowest BCUT2D eigenvalue weighted by Crippen LogP contribution is -2.42. The summed E-state index contributed by atoms with van der Waals surface area (Å²) in [7, 11) is 0. The highest BCUT2D eigenvalue weighted by Gasteiger charge is 2.42. The Morgan fingerprint density at radius 1 is 0.706 bits per heavy atom. The molecule has 0 aliphatic carbocycles. The first-order valence-electron chi connectivity index (χ1n) is 7.29. The van der Waals surface area contributed by atoms with Crippen LogP contribution in [0.3, 0.4) is 0 Å². The summed E-state index contributed by atoms with van der Waals surface area (Å²) in [5.41, 5.74) is 1.21. The van der Waals surface area contributed by atoms with Gasteiger partial charge in [-0.1, -0.05) is 46.7 Å². The molecular formula is C15H31NO. The summed E-state index contributed by atoms with van der Waals surface area (Å²) in [6, 6.07) is 0. The van der Waals surface area contributed by atoms with Crippen LogP contribution in [0.15, 0.2) is 5.16 Å². The van der Waals surface area contributed by atoms with E-state index < -0.39 is 0 Å². The fraction of sp³-hybridized carbons (Fsp3) is 0.933. The van der Waals surface area contributed by atoms with Gasteiger partial charge in [0.25, 0.3) is 0 Å². The van der Waals surface area contributed by atoms with Gasteiger partial charge in [0.15, 0.2) is 0 Å². The Morgan fingerprint density at radius 2 is 0.941 bits per heavy atom. The van der Waals surface area contributed by atoms with Gasteiger partial charge in [0.05, 0.1) is 5.71 Å². The van der Waals surface area contributed by atoms with Crippen molar-refractivity contribution in [1.29, 1.82) is 0 Å². The van der Waals surface area contributed by atoms with Crippen LogP contribution >= 0.6 is 0 Å². The Kier molecular flexibility index (Phi) is 6.81. The molecule has 0 aromatic rings. The second-order valence-electron chi connectivity index (χ2n) is 5.13. The lowest BCUT2D eigenvalue weighted by atomic mass is 9.62. The van der Waals surface area contributed by atoms with E-state index in [4.69, 9.17) is 0 Å². The molecule has 102 valence electrons. The smallest absolute Gasteiger partial charge is 0.0693 e. The van der Waals surface area contributed by atoms with Crippen LogP contribution in [-0.4, -0.2) is 10.9 Å². The highest BCUT2D eigenvalue weighted by molar-refractivity contribution is 5.94. The van der Waals surface area contributed by atoms with Gasteiger partial charge in [-0.15, -0.1) is 0 Å². The standard InChI is InChI=1S/C15H31NO/c1-7-14(8-2,9-3)13(16-17)15(10-4,11-5)12-6/h17H,7-12H2,1-6H3. The van der Waals surface area contributed by atoms with Crippen LogP contribution in [0.4, 0.5) is 0 Å². The van der Waals surface area contributed by atoms with Crippen molar-refractivity contribution in [3.63, 3.8) is 0 Å². The van der Waals surface area contributed by atoms with E-state index in [0.29, 0.717) is 0 Å². The predicted octanol–water partition coefficient (Wildman–Crippen LogP) is 5.25. The SMILES string of the molecule is CCC(CC)(CC)C(=NO)C(CC)(CC)CC. The third-order valence-electron chi connectivity index (χ3n) is 5.17. The van der Waals surface area contributed by atoms with Crippen molar-refractivity contribution in [2.75, 3.05) is 0 Å². The molecule has 17 heavy (non-hydrogen) atoms. The first-order valence-corrected chi connectivity index (χ1v) is 7.29. The molecule has 2 heteroatoms. The van der Waals surface area contributed by atoms with Gasteiger partial charge in [-0.3, -0.25) is 0 Å². The normalized spacial score (nSPS) is 12.6. The number of nitrogens with zero attached hydrogens (tertiary/aromatic N) is 1. The van der Waals surface area contributed by atoms with Crippen LogP contribution in [0.5, 0.6) is 0 Å². The molecule has 0 aromatic heterocycles. The molecule has 0 amide bonds. The molecule has 0 aromatic carbocycles. The Morgan fingerprint density at radius 3 is 1.06 bits per heavy atom. The monoisotopic (exact) mass is 241 g/mol. The van der Waals surface area contributed by atoms with E-state index in [0.717, 1.165) is 44.2 Å². The Bertz CT molecular complexity index is 199. The van der Waals surface area contributed by atoms with Crippen LogP contribution in [0, 0.1) is 10.8 Å². The third kappa shape index (κ3) is 2.83. The molecule has 0 aliphatic heterocycles. The molecular weight excluding hydrogens is 210 g/mol. The van der Waals surface area contributed by atoms with Crippen molar-refractivity contribution in [1.82, 2.24) is 0 Å². The molecule has 1 N–H and O–H groups in total. The van der Waals surface area contributed by atoms with Gasteiger partial charge in [-0.05, 0) is 38.5 Å². The summed E-state index contributed by atoms with van der Waals surface area (Å²) >= 11 is 0. The van der Waals surface area contributed by atoms with Crippen molar-refractivity contribution in [3.8, 4) is 0 Å². The highest BCUT2D eigenvalue weighted by Crippen LogP contribution is 2.44. The van der Waals surface area contributed by atoms with Gasteiger partial charge in [0.2, 0.25) is 0 Å². The van der Waals surface area contributed by atoms with Gasteiger partial charge in [0.1, 0.15) is 0 Å². The largest absolute Gasteiger partial charge is 0.411 e. The van der Waals surface area contributed by atoms with E-state index in [2.05, 4.69) is 46.7 Å². The first kappa shape index (κ1) is 16.5. The quantitative estimate of drug-likeness (QED) is 0.351. The van der Waals surface area contributed by atoms with Gasteiger partial charge in [0, 0.05) is 10.8 Å². The summed E-state index contributed by atoms with van der Waals surface area (Å²) in [4.78, 5) is 0. The molecule has 2 nitrogen and oxygen atoms in total. The molecule has 0 fully saturated rings. The van der Waals surface area contributed by atoms with Gasteiger partial charge >= 0.3 is 0 Å². The van der Waals surface area contributed by atoms with Crippen molar-refractivity contribution >= 4 is 5.71 Å². The second-order valence-corrected chi connectivity index (χ2v) is 5.13. The van der Waals surface area contributed by atoms with Gasteiger partial charge in [-0.2, -0.15) is 0 Å². The minimum absolute atomic E-state index is 0.0801. The fourth-order valence-corrected chi connectivity index (χ4v) is 3.28. The van der Waals surface area contributed by atoms with E-state index in [1.807, 2.05) is 0 Å². The Hall–Kier alpha value is -0.530. The molecule has 0 spiro atoms. The summed E-state index contributed by atoms with van der Waals surface area (Å²) < 4.78 is 0. The summed E-state index contributed by atoms with van der Waals surface area (Å²) in [5.74, 6) is 0. The maximum atomic E-state index is 9.57. The molecule has 0 saturated heterocycles. The number of rotatable bonds is 8. The van der Waals surface area contributed by atoms with E-state index in [-0.39, 0.29) is 10.8 Å². The van der Waals surface area contributed by atoms with E-state index in [1.165, 1.54) is 0 Å². The van der Waals surface area contributed by atoms with E-state index in [9.17, 15) is 5.21 Å². The number of hydrogen-bond donors (Lipinski definition) is 1. The van der Waals surface area contributed by atoms with Crippen LogP contribution in [-0.2, 0) is 0 Å². The van der Waals surface area contributed by atoms with Crippen LogP contribution in [0.2, 0.25) is 0 Å². The van der Waals surface area contributed by atoms with Crippen LogP contribution in [0.25, 0.3) is 0 Å². The predicted molar refractivity (Wildman–Crippen MR) is 75.8 cm³/mol. The second kappa shape index (κ2) is 7.03. The zero-order valence-electron chi connectivity index (χ0n) is 12.6. The van der Waals surface area contributed by atoms with Crippen molar-refractivity contribution < 1.29 is 5.21 Å². The molecule has 0 heterocycles. The molecule has 0 rings (SSSR count). The summed E-state index contributed by atoms with van der Waals surface area (Å²) in [6.45, 7) is 13.3. The molecule has 0 aliphatic rings. The minimum Gasteiger partial charge on any atom is -0.411 e.